The lowest BCUT2D eigenvalue weighted by Gasteiger charge is -2.16. The average Bonchev–Trinajstić information content (AvgIpc) is 2.23. The molecule has 0 spiro atoms. The molecule has 0 aliphatic rings. The number of rotatable bonds is 8. The van der Waals surface area contributed by atoms with Crippen LogP contribution in [0.4, 0.5) is 4.79 Å². The van der Waals surface area contributed by atoms with E-state index in [2.05, 4.69) is 24.5 Å². The van der Waals surface area contributed by atoms with E-state index in [9.17, 15) is 13.2 Å². The number of sulfonamides is 1. The minimum atomic E-state index is -3.59. The number of hydrogen-bond acceptors (Lipinski definition) is 3. The Morgan fingerprint density at radius 2 is 1.74 bits per heavy atom. The fourth-order valence-electron chi connectivity index (χ4n) is 1.53. The molecule has 2 atom stereocenters. The highest BCUT2D eigenvalue weighted by Crippen LogP contribution is 2.08. The Hall–Kier alpha value is -0.820. The van der Waals surface area contributed by atoms with Crippen molar-refractivity contribution >= 4 is 16.1 Å². The molecule has 0 saturated carbocycles. The van der Waals surface area contributed by atoms with Crippen molar-refractivity contribution in [2.45, 2.75) is 58.2 Å². The topological polar surface area (TPSA) is 101 Å². The third-order valence-corrected chi connectivity index (χ3v) is 4.20. The van der Waals surface area contributed by atoms with E-state index in [4.69, 9.17) is 5.14 Å². The molecule has 0 aromatic rings. The summed E-state index contributed by atoms with van der Waals surface area (Å²) in [5.74, 6) is 0.664. The van der Waals surface area contributed by atoms with E-state index in [1.165, 1.54) is 6.92 Å². The van der Waals surface area contributed by atoms with Gasteiger partial charge < -0.3 is 10.6 Å². The summed E-state index contributed by atoms with van der Waals surface area (Å²) in [4.78, 5) is 11.5. The van der Waals surface area contributed by atoms with Crippen molar-refractivity contribution in [1.82, 2.24) is 10.6 Å². The van der Waals surface area contributed by atoms with Gasteiger partial charge >= 0.3 is 6.03 Å². The Morgan fingerprint density at radius 3 is 2.21 bits per heavy atom. The zero-order chi connectivity index (χ0) is 15.1. The first-order valence-corrected chi connectivity index (χ1v) is 8.29. The lowest BCUT2D eigenvalue weighted by molar-refractivity contribution is 0.237. The van der Waals surface area contributed by atoms with Crippen molar-refractivity contribution in [2.24, 2.45) is 11.1 Å². The molecule has 0 aliphatic heterocycles. The van der Waals surface area contributed by atoms with Crippen molar-refractivity contribution < 1.29 is 13.2 Å². The van der Waals surface area contributed by atoms with Crippen LogP contribution in [0.2, 0.25) is 0 Å². The molecule has 4 N–H and O–H groups in total. The maximum atomic E-state index is 11.5. The maximum Gasteiger partial charge on any atom is 0.315 e. The van der Waals surface area contributed by atoms with Gasteiger partial charge in [0.05, 0.1) is 5.25 Å². The molecule has 114 valence electrons. The summed E-state index contributed by atoms with van der Waals surface area (Å²) in [6.07, 6.45) is 3.11. The average molecular weight is 293 g/mol. The highest BCUT2D eigenvalue weighted by Gasteiger charge is 2.16. The quantitative estimate of drug-likeness (QED) is 0.626. The summed E-state index contributed by atoms with van der Waals surface area (Å²) in [5.41, 5.74) is 0. The van der Waals surface area contributed by atoms with E-state index in [1.807, 2.05) is 6.92 Å². The van der Waals surface area contributed by atoms with Gasteiger partial charge in [0.1, 0.15) is 0 Å². The summed E-state index contributed by atoms with van der Waals surface area (Å²) in [5, 5.41) is 9.46. The number of urea groups is 1. The smallest absolute Gasteiger partial charge is 0.315 e. The van der Waals surface area contributed by atoms with Crippen LogP contribution in [0.5, 0.6) is 0 Å². The third kappa shape index (κ3) is 9.72. The van der Waals surface area contributed by atoms with Crippen LogP contribution in [0, 0.1) is 5.92 Å². The molecule has 0 saturated heterocycles. The number of nitrogens with two attached hydrogens (primary N) is 1. The van der Waals surface area contributed by atoms with Crippen molar-refractivity contribution in [2.75, 3.05) is 6.54 Å². The molecule has 0 aromatic heterocycles. The van der Waals surface area contributed by atoms with Gasteiger partial charge in [-0.2, -0.15) is 0 Å². The van der Waals surface area contributed by atoms with E-state index >= 15 is 0 Å². The van der Waals surface area contributed by atoms with Gasteiger partial charge in [0.2, 0.25) is 10.0 Å². The first-order valence-electron chi connectivity index (χ1n) is 6.69. The fourth-order valence-corrected chi connectivity index (χ4v) is 1.85. The molecule has 2 amide bonds. The van der Waals surface area contributed by atoms with E-state index < -0.39 is 15.3 Å². The second kappa shape index (κ2) is 8.37. The monoisotopic (exact) mass is 293 g/mol. The molecule has 0 fully saturated rings. The zero-order valence-electron chi connectivity index (χ0n) is 12.3. The Labute approximate surface area is 116 Å². The van der Waals surface area contributed by atoms with Crippen molar-refractivity contribution in [3.8, 4) is 0 Å². The number of carbonyl (C=O) groups is 1. The van der Waals surface area contributed by atoms with Crippen LogP contribution < -0.4 is 15.8 Å². The summed E-state index contributed by atoms with van der Waals surface area (Å²) < 4.78 is 22.0. The molecule has 0 unspecified atom stereocenters. The van der Waals surface area contributed by atoms with Crippen LogP contribution in [0.1, 0.15) is 47.0 Å². The molecule has 6 nitrogen and oxygen atoms in total. The molecule has 0 radical (unpaired) electrons. The number of hydrogen-bond donors (Lipinski definition) is 3. The first kappa shape index (κ1) is 18.2. The molecule has 0 heterocycles. The summed E-state index contributed by atoms with van der Waals surface area (Å²) >= 11 is 0. The number of primary sulfonamides is 1. The molecule has 0 aromatic carbocycles. The maximum absolute atomic E-state index is 11.5. The van der Waals surface area contributed by atoms with E-state index in [0.717, 1.165) is 19.3 Å². The van der Waals surface area contributed by atoms with Gasteiger partial charge in [0, 0.05) is 12.6 Å². The molecule has 19 heavy (non-hydrogen) atoms. The van der Waals surface area contributed by atoms with Crippen LogP contribution in [0.3, 0.4) is 0 Å². The fraction of sp³-hybridized carbons (Fsp3) is 0.917. The van der Waals surface area contributed by atoms with Gasteiger partial charge in [-0.15, -0.1) is 0 Å². The van der Waals surface area contributed by atoms with Crippen molar-refractivity contribution in [3.05, 3.63) is 0 Å². The normalized spacial score (nSPS) is 15.1. The molecule has 0 bridgehead atoms. The summed E-state index contributed by atoms with van der Waals surface area (Å²) in [7, 11) is -3.59. The molecule has 7 heteroatoms. The molecule has 0 aliphatic carbocycles. The Bertz CT molecular complexity index is 368. The van der Waals surface area contributed by atoms with Crippen LogP contribution >= 0.6 is 0 Å². The van der Waals surface area contributed by atoms with Crippen LogP contribution in [-0.4, -0.2) is 32.3 Å². The van der Waals surface area contributed by atoms with Gasteiger partial charge in [-0.3, -0.25) is 0 Å². The van der Waals surface area contributed by atoms with Crippen LogP contribution in [-0.2, 0) is 10.0 Å². The minimum Gasteiger partial charge on any atom is -0.337 e. The second-order valence-electron chi connectivity index (χ2n) is 5.48. The Balaban J connectivity index is 3.86. The van der Waals surface area contributed by atoms with Crippen molar-refractivity contribution in [3.63, 3.8) is 0 Å². The first-order chi connectivity index (χ1) is 8.62. The SMILES string of the molecule is CC(C)CCC[C@@H](C)NC(=O)NC[C@H](C)S(N)(=O)=O. The highest BCUT2D eigenvalue weighted by molar-refractivity contribution is 7.89. The molecular weight excluding hydrogens is 266 g/mol. The Morgan fingerprint density at radius 1 is 1.16 bits per heavy atom. The van der Waals surface area contributed by atoms with Gasteiger partial charge in [-0.1, -0.05) is 26.7 Å². The van der Waals surface area contributed by atoms with Crippen LogP contribution in [0.15, 0.2) is 0 Å². The number of nitrogens with one attached hydrogen (secondary N) is 2. The molecule has 0 rings (SSSR count). The van der Waals surface area contributed by atoms with E-state index in [-0.39, 0.29) is 18.6 Å². The summed E-state index contributed by atoms with van der Waals surface area (Å²) in [6, 6.07) is -0.281. The van der Waals surface area contributed by atoms with Gasteiger partial charge in [-0.25, -0.2) is 18.4 Å². The highest BCUT2D eigenvalue weighted by atomic mass is 32.2. The van der Waals surface area contributed by atoms with Gasteiger partial charge in [0.25, 0.3) is 0 Å². The standard InChI is InChI=1S/C12H27N3O3S/c1-9(2)6-5-7-10(3)15-12(16)14-8-11(4)19(13,17)18/h9-11H,5-8H2,1-4H3,(H2,13,17,18)(H2,14,15,16)/t10-,11+/m1/s1. The summed E-state index contributed by atoms with van der Waals surface area (Å²) in [6.45, 7) is 7.74. The largest absolute Gasteiger partial charge is 0.337 e. The number of amides is 2. The lowest BCUT2D eigenvalue weighted by Crippen LogP contribution is -2.45. The lowest BCUT2D eigenvalue weighted by atomic mass is 10.0. The predicted octanol–water partition coefficient (Wildman–Crippen LogP) is 1.18. The van der Waals surface area contributed by atoms with E-state index in [0.29, 0.717) is 5.92 Å². The third-order valence-electron chi connectivity index (χ3n) is 2.91. The van der Waals surface area contributed by atoms with Gasteiger partial charge in [-0.05, 0) is 26.2 Å². The second-order valence-corrected chi connectivity index (χ2v) is 7.46. The van der Waals surface area contributed by atoms with E-state index in [1.54, 1.807) is 0 Å². The van der Waals surface area contributed by atoms with Gasteiger partial charge in [0.15, 0.2) is 0 Å². The van der Waals surface area contributed by atoms with Crippen molar-refractivity contribution in [1.29, 1.82) is 0 Å². The zero-order valence-corrected chi connectivity index (χ0v) is 13.1. The number of carbonyl (C=O) groups excluding carboxylic acids is 1. The Kier molecular flexibility index (Phi) is 8.01. The van der Waals surface area contributed by atoms with Crippen LogP contribution in [0.25, 0.3) is 0 Å². The predicted molar refractivity (Wildman–Crippen MR) is 77.3 cm³/mol. The molecular formula is C12H27N3O3S. The minimum absolute atomic E-state index is 0.0172.